The summed E-state index contributed by atoms with van der Waals surface area (Å²) in [6, 6.07) is 11.0. The summed E-state index contributed by atoms with van der Waals surface area (Å²) < 4.78 is 39.1. The van der Waals surface area contributed by atoms with Crippen LogP contribution in [0.25, 0.3) is 0 Å². The van der Waals surface area contributed by atoms with Gasteiger partial charge in [-0.25, -0.2) is 8.42 Å². The quantitative estimate of drug-likeness (QED) is 0.717. The van der Waals surface area contributed by atoms with Gasteiger partial charge < -0.3 is 14.4 Å². The molecule has 156 valence electrons. The Bertz CT molecular complexity index is 936. The molecule has 2 aliphatic heterocycles. The molecule has 7 nitrogen and oxygen atoms in total. The first-order valence-electron chi connectivity index (χ1n) is 10.0. The lowest BCUT2D eigenvalue weighted by Crippen LogP contribution is -2.48. The molecule has 1 fully saturated rings. The highest BCUT2D eigenvalue weighted by Crippen LogP contribution is 2.33. The largest absolute Gasteiger partial charge is 0.486 e. The number of piperidine rings is 1. The van der Waals surface area contributed by atoms with Crippen LogP contribution in [0.5, 0.6) is 11.5 Å². The second kappa shape index (κ2) is 8.69. The van der Waals surface area contributed by atoms with Crippen molar-refractivity contribution < 1.29 is 17.9 Å². The monoisotopic (exact) mass is 417 g/mol. The van der Waals surface area contributed by atoms with Crippen LogP contribution < -0.4 is 9.47 Å². The third-order valence-electron chi connectivity index (χ3n) is 5.58. The first-order chi connectivity index (χ1) is 14.0. The topological polar surface area (TPSA) is 72.0 Å². The van der Waals surface area contributed by atoms with E-state index in [-0.39, 0.29) is 10.9 Å². The maximum Gasteiger partial charge on any atom is 0.243 e. The number of hydrogen-bond acceptors (Lipinski definition) is 6. The molecule has 0 aliphatic carbocycles. The molecular weight excluding hydrogens is 390 g/mol. The minimum absolute atomic E-state index is 0.194. The number of ether oxygens (including phenoxy) is 2. The third kappa shape index (κ3) is 4.55. The molecule has 0 bridgehead atoms. The number of nitrogens with zero attached hydrogens (tertiary/aromatic N) is 3. The van der Waals surface area contributed by atoms with Crippen LogP contribution in [-0.4, -0.2) is 68.5 Å². The van der Waals surface area contributed by atoms with Gasteiger partial charge >= 0.3 is 0 Å². The average Bonchev–Trinajstić information content (AvgIpc) is 2.78. The zero-order valence-electron chi connectivity index (χ0n) is 16.7. The predicted molar refractivity (Wildman–Crippen MR) is 110 cm³/mol. The van der Waals surface area contributed by atoms with Crippen LogP contribution in [0.1, 0.15) is 18.5 Å². The fraction of sp³-hybridized carbons (Fsp3) is 0.476. The second-order valence-corrected chi connectivity index (χ2v) is 9.45. The molecule has 3 heterocycles. The second-order valence-electron chi connectivity index (χ2n) is 7.52. The number of rotatable bonds is 6. The van der Waals surface area contributed by atoms with Gasteiger partial charge in [0, 0.05) is 50.1 Å². The normalized spacial score (nSPS) is 20.0. The zero-order chi connectivity index (χ0) is 20.3. The Kier molecular flexibility index (Phi) is 6.03. The lowest BCUT2D eigenvalue weighted by atomic mass is 10.1. The SMILES string of the molecule is CN(CCc1ccccn1)C1CCCN(S(=O)(=O)c2ccc3c(c2)OCCO3)C1. The molecule has 0 spiro atoms. The van der Waals surface area contributed by atoms with Gasteiger partial charge in [0.05, 0.1) is 4.90 Å². The Morgan fingerprint density at radius 2 is 2.00 bits per heavy atom. The van der Waals surface area contributed by atoms with Gasteiger partial charge in [-0.05, 0) is 44.2 Å². The third-order valence-corrected chi connectivity index (χ3v) is 7.44. The molecule has 1 saturated heterocycles. The van der Waals surface area contributed by atoms with Crippen molar-refractivity contribution in [2.45, 2.75) is 30.2 Å². The predicted octanol–water partition coefficient (Wildman–Crippen LogP) is 2.18. The molecule has 1 aromatic heterocycles. The summed E-state index contributed by atoms with van der Waals surface area (Å²) in [7, 11) is -1.51. The number of hydrogen-bond donors (Lipinski definition) is 0. The first-order valence-corrected chi connectivity index (χ1v) is 11.5. The van der Waals surface area contributed by atoms with E-state index in [0.717, 1.165) is 31.5 Å². The van der Waals surface area contributed by atoms with Crippen LogP contribution in [0, 0.1) is 0 Å². The standard InChI is InChI=1S/C21H27N3O4S/c1-23(12-9-17-5-2-3-10-22-17)18-6-4-11-24(16-18)29(25,26)19-7-8-20-21(15-19)28-14-13-27-20/h2-3,5,7-8,10,15,18H,4,6,9,11-14,16H2,1H3. The van der Waals surface area contributed by atoms with Crippen molar-refractivity contribution in [2.24, 2.45) is 0 Å². The van der Waals surface area contributed by atoms with Gasteiger partial charge in [-0.2, -0.15) is 4.31 Å². The van der Waals surface area contributed by atoms with E-state index in [0.29, 0.717) is 37.8 Å². The van der Waals surface area contributed by atoms with Gasteiger partial charge in [0.25, 0.3) is 0 Å². The summed E-state index contributed by atoms with van der Waals surface area (Å²) in [4.78, 5) is 6.88. The Hall–Kier alpha value is -2.16. The van der Waals surface area contributed by atoms with Crippen LogP contribution >= 0.6 is 0 Å². The molecule has 2 aromatic rings. The van der Waals surface area contributed by atoms with Crippen LogP contribution in [0.15, 0.2) is 47.5 Å². The Morgan fingerprint density at radius 1 is 1.17 bits per heavy atom. The lowest BCUT2D eigenvalue weighted by molar-refractivity contribution is 0.163. The Morgan fingerprint density at radius 3 is 2.79 bits per heavy atom. The number of pyridine rings is 1. The molecule has 4 rings (SSSR count). The summed E-state index contributed by atoms with van der Waals surface area (Å²) in [6.45, 7) is 2.80. The van der Waals surface area contributed by atoms with Crippen molar-refractivity contribution in [3.8, 4) is 11.5 Å². The van der Waals surface area contributed by atoms with Crippen molar-refractivity contribution in [1.29, 1.82) is 0 Å². The van der Waals surface area contributed by atoms with Crippen LogP contribution in [-0.2, 0) is 16.4 Å². The molecule has 1 atom stereocenters. The minimum atomic E-state index is -3.57. The van der Waals surface area contributed by atoms with E-state index in [2.05, 4.69) is 16.9 Å². The summed E-state index contributed by atoms with van der Waals surface area (Å²) in [6.07, 6.45) is 4.49. The summed E-state index contributed by atoms with van der Waals surface area (Å²) in [5, 5.41) is 0. The van der Waals surface area contributed by atoms with E-state index >= 15 is 0 Å². The maximum absolute atomic E-state index is 13.2. The van der Waals surface area contributed by atoms with Gasteiger partial charge in [-0.1, -0.05) is 6.07 Å². The highest BCUT2D eigenvalue weighted by molar-refractivity contribution is 7.89. The van der Waals surface area contributed by atoms with Crippen LogP contribution in [0.3, 0.4) is 0 Å². The van der Waals surface area contributed by atoms with E-state index < -0.39 is 10.0 Å². The van der Waals surface area contributed by atoms with Gasteiger partial charge in [0.1, 0.15) is 13.2 Å². The molecule has 1 unspecified atom stereocenters. The van der Waals surface area contributed by atoms with Crippen molar-refractivity contribution in [3.05, 3.63) is 48.3 Å². The number of fused-ring (bicyclic) bond motifs is 1. The number of aromatic nitrogens is 1. The van der Waals surface area contributed by atoms with Crippen LogP contribution in [0.2, 0.25) is 0 Å². The average molecular weight is 418 g/mol. The lowest BCUT2D eigenvalue weighted by Gasteiger charge is -2.37. The Labute approximate surface area is 172 Å². The highest BCUT2D eigenvalue weighted by atomic mass is 32.2. The zero-order valence-corrected chi connectivity index (χ0v) is 17.5. The van der Waals surface area contributed by atoms with Crippen molar-refractivity contribution in [1.82, 2.24) is 14.2 Å². The van der Waals surface area contributed by atoms with Gasteiger partial charge in [-0.15, -0.1) is 0 Å². The first kappa shape index (κ1) is 20.1. The molecule has 0 N–H and O–H groups in total. The molecular formula is C21H27N3O4S. The minimum Gasteiger partial charge on any atom is -0.486 e. The van der Waals surface area contributed by atoms with E-state index in [9.17, 15) is 8.42 Å². The van der Waals surface area contributed by atoms with E-state index in [1.54, 1.807) is 28.7 Å². The fourth-order valence-corrected chi connectivity index (χ4v) is 5.38. The molecule has 29 heavy (non-hydrogen) atoms. The van der Waals surface area contributed by atoms with E-state index in [4.69, 9.17) is 9.47 Å². The van der Waals surface area contributed by atoms with Crippen molar-refractivity contribution in [2.75, 3.05) is 39.9 Å². The summed E-state index contributed by atoms with van der Waals surface area (Å²) in [5.41, 5.74) is 1.05. The number of sulfonamides is 1. The van der Waals surface area contributed by atoms with Crippen molar-refractivity contribution >= 4 is 10.0 Å². The fourth-order valence-electron chi connectivity index (χ4n) is 3.85. The smallest absolute Gasteiger partial charge is 0.243 e. The van der Waals surface area contributed by atoms with Crippen molar-refractivity contribution in [3.63, 3.8) is 0 Å². The number of likely N-dealkylation sites (N-methyl/N-ethyl adjacent to an activating group) is 1. The molecule has 2 aliphatic rings. The highest BCUT2D eigenvalue weighted by Gasteiger charge is 2.32. The van der Waals surface area contributed by atoms with E-state index in [1.165, 1.54) is 0 Å². The van der Waals surface area contributed by atoms with Gasteiger partial charge in [0.15, 0.2) is 11.5 Å². The summed E-state index contributed by atoms with van der Waals surface area (Å²) >= 11 is 0. The molecule has 0 amide bonds. The van der Waals surface area contributed by atoms with Gasteiger partial charge in [-0.3, -0.25) is 4.98 Å². The molecule has 8 heteroatoms. The maximum atomic E-state index is 13.2. The molecule has 1 aromatic carbocycles. The molecule has 0 radical (unpaired) electrons. The number of benzene rings is 1. The Balaban J connectivity index is 1.43. The van der Waals surface area contributed by atoms with Crippen LogP contribution in [0.4, 0.5) is 0 Å². The molecule has 0 saturated carbocycles. The van der Waals surface area contributed by atoms with E-state index in [1.807, 2.05) is 18.2 Å². The summed E-state index contributed by atoms with van der Waals surface area (Å²) in [5.74, 6) is 1.10. The van der Waals surface area contributed by atoms with Gasteiger partial charge in [0.2, 0.25) is 10.0 Å².